The van der Waals surface area contributed by atoms with Gasteiger partial charge in [-0.2, -0.15) is 0 Å². The first-order valence-corrected chi connectivity index (χ1v) is 8.37. The molecule has 0 spiro atoms. The Bertz CT molecular complexity index is 711. The zero-order valence-corrected chi connectivity index (χ0v) is 15.2. The van der Waals surface area contributed by atoms with E-state index in [2.05, 4.69) is 21.2 Å². The van der Waals surface area contributed by atoms with E-state index >= 15 is 0 Å². The minimum atomic E-state index is -0.433. The lowest BCUT2D eigenvalue weighted by atomic mass is 10.2. The SMILES string of the molecule is C[C@@H](C(=O)Nc1ccc(F)cc1Cl)[NH+](C)Cc1ccccc1Br. The molecule has 6 heteroatoms. The Morgan fingerprint density at radius 2 is 2.04 bits per heavy atom. The summed E-state index contributed by atoms with van der Waals surface area (Å²) in [5.41, 5.74) is 1.54. The molecular formula is C17H18BrClFN2O+. The second-order valence-corrected chi connectivity index (χ2v) is 6.71. The predicted octanol–water partition coefficient (Wildman–Crippen LogP) is 3.28. The average Bonchev–Trinajstić information content (AvgIpc) is 2.51. The zero-order chi connectivity index (χ0) is 17.0. The molecule has 23 heavy (non-hydrogen) atoms. The van der Waals surface area contributed by atoms with Crippen molar-refractivity contribution < 1.29 is 14.1 Å². The van der Waals surface area contributed by atoms with Gasteiger partial charge in [0.1, 0.15) is 12.4 Å². The molecule has 2 aromatic carbocycles. The molecule has 2 atom stereocenters. The van der Waals surface area contributed by atoms with Gasteiger partial charge in [0.05, 0.1) is 17.8 Å². The van der Waals surface area contributed by atoms with Gasteiger partial charge in [-0.25, -0.2) is 4.39 Å². The highest BCUT2D eigenvalue weighted by Gasteiger charge is 2.23. The molecule has 0 aliphatic carbocycles. The summed E-state index contributed by atoms with van der Waals surface area (Å²) in [7, 11) is 1.95. The Morgan fingerprint density at radius 3 is 2.70 bits per heavy atom. The lowest BCUT2D eigenvalue weighted by Gasteiger charge is -2.22. The summed E-state index contributed by atoms with van der Waals surface area (Å²) in [5, 5.41) is 2.94. The molecule has 0 heterocycles. The van der Waals surface area contributed by atoms with Crippen LogP contribution in [-0.4, -0.2) is 19.0 Å². The van der Waals surface area contributed by atoms with E-state index < -0.39 is 5.82 Å². The highest BCUT2D eigenvalue weighted by Crippen LogP contribution is 2.22. The second kappa shape index (κ2) is 7.90. The van der Waals surface area contributed by atoms with Gasteiger partial charge in [-0.1, -0.05) is 45.7 Å². The highest BCUT2D eigenvalue weighted by atomic mass is 79.9. The second-order valence-electron chi connectivity index (χ2n) is 5.45. The predicted molar refractivity (Wildman–Crippen MR) is 94.2 cm³/mol. The Balaban J connectivity index is 2.02. The van der Waals surface area contributed by atoms with E-state index in [-0.39, 0.29) is 17.0 Å². The average molecular weight is 401 g/mol. The number of benzene rings is 2. The quantitative estimate of drug-likeness (QED) is 0.793. The highest BCUT2D eigenvalue weighted by molar-refractivity contribution is 9.10. The first-order chi connectivity index (χ1) is 10.9. The molecular weight excluding hydrogens is 383 g/mol. The first kappa shape index (κ1) is 17.9. The summed E-state index contributed by atoms with van der Waals surface area (Å²) < 4.78 is 14.1. The van der Waals surface area contributed by atoms with Crippen molar-refractivity contribution in [2.75, 3.05) is 12.4 Å². The number of nitrogens with one attached hydrogen (secondary N) is 2. The molecule has 122 valence electrons. The Kier molecular flexibility index (Phi) is 6.16. The monoisotopic (exact) mass is 399 g/mol. The molecule has 0 fully saturated rings. The number of quaternary nitrogens is 1. The lowest BCUT2D eigenvalue weighted by molar-refractivity contribution is -0.907. The van der Waals surface area contributed by atoms with E-state index in [1.807, 2.05) is 38.2 Å². The summed E-state index contributed by atoms with van der Waals surface area (Å²) in [4.78, 5) is 13.4. The number of likely N-dealkylation sites (N-methyl/N-ethyl adjacent to an activating group) is 1. The molecule has 0 saturated carbocycles. The van der Waals surface area contributed by atoms with Gasteiger partial charge >= 0.3 is 0 Å². The van der Waals surface area contributed by atoms with E-state index in [9.17, 15) is 9.18 Å². The van der Waals surface area contributed by atoms with Crippen LogP contribution in [0.3, 0.4) is 0 Å². The van der Waals surface area contributed by atoms with Crippen molar-refractivity contribution in [2.45, 2.75) is 19.5 Å². The number of carbonyl (C=O) groups excluding carboxylic acids is 1. The molecule has 0 aromatic heterocycles. The van der Waals surface area contributed by atoms with Crippen LogP contribution in [0.15, 0.2) is 46.9 Å². The van der Waals surface area contributed by atoms with Crippen LogP contribution in [0, 0.1) is 5.82 Å². The van der Waals surface area contributed by atoms with Gasteiger partial charge in [0.15, 0.2) is 6.04 Å². The molecule has 3 nitrogen and oxygen atoms in total. The van der Waals surface area contributed by atoms with Crippen molar-refractivity contribution >= 4 is 39.1 Å². The summed E-state index contributed by atoms with van der Waals surface area (Å²) in [6.45, 7) is 2.55. The van der Waals surface area contributed by atoms with Crippen LogP contribution >= 0.6 is 27.5 Å². The molecule has 0 bridgehead atoms. The van der Waals surface area contributed by atoms with Crippen molar-refractivity contribution in [3.63, 3.8) is 0 Å². The molecule has 1 unspecified atom stereocenters. The third kappa shape index (κ3) is 4.77. The van der Waals surface area contributed by atoms with Crippen molar-refractivity contribution in [3.8, 4) is 0 Å². The fourth-order valence-corrected chi connectivity index (χ4v) is 2.79. The van der Waals surface area contributed by atoms with Crippen LogP contribution in [0.25, 0.3) is 0 Å². The van der Waals surface area contributed by atoms with E-state index in [4.69, 9.17) is 11.6 Å². The van der Waals surface area contributed by atoms with Gasteiger partial charge in [-0.3, -0.25) is 4.79 Å². The third-order valence-corrected chi connectivity index (χ3v) is 4.83. The largest absolute Gasteiger partial charge is 0.324 e. The van der Waals surface area contributed by atoms with E-state index in [1.54, 1.807) is 0 Å². The standard InChI is InChI=1S/C17H17BrClFN2O/c1-11(22(2)10-12-5-3-4-6-14(12)18)17(23)21-16-8-7-13(20)9-15(16)19/h3-9,11H,10H2,1-2H3,(H,21,23)/p+1/t11-/m0/s1. The van der Waals surface area contributed by atoms with Crippen molar-refractivity contribution in [1.29, 1.82) is 0 Å². The van der Waals surface area contributed by atoms with Crippen molar-refractivity contribution in [2.24, 2.45) is 0 Å². The summed E-state index contributed by atoms with van der Waals surface area (Å²) in [6, 6.07) is 11.5. The van der Waals surface area contributed by atoms with E-state index in [1.165, 1.54) is 18.2 Å². The van der Waals surface area contributed by atoms with Crippen LogP contribution in [0.4, 0.5) is 10.1 Å². The van der Waals surface area contributed by atoms with Gasteiger partial charge in [-0.15, -0.1) is 0 Å². The molecule has 0 radical (unpaired) electrons. The molecule has 0 saturated heterocycles. The number of hydrogen-bond acceptors (Lipinski definition) is 1. The van der Waals surface area contributed by atoms with Gasteiger partial charge in [-0.05, 0) is 31.2 Å². The fourth-order valence-electron chi connectivity index (χ4n) is 2.15. The third-order valence-electron chi connectivity index (χ3n) is 3.75. The van der Waals surface area contributed by atoms with Gasteiger partial charge < -0.3 is 10.2 Å². The maximum absolute atomic E-state index is 13.0. The summed E-state index contributed by atoms with van der Waals surface area (Å²) >= 11 is 9.45. The van der Waals surface area contributed by atoms with Gasteiger partial charge in [0, 0.05) is 10.0 Å². The van der Waals surface area contributed by atoms with Crippen LogP contribution in [-0.2, 0) is 11.3 Å². The normalized spacial score (nSPS) is 13.4. The van der Waals surface area contributed by atoms with Crippen LogP contribution < -0.4 is 10.2 Å². The van der Waals surface area contributed by atoms with Gasteiger partial charge in [0.25, 0.3) is 5.91 Å². The number of anilines is 1. The Hall–Kier alpha value is -1.43. The zero-order valence-electron chi connectivity index (χ0n) is 12.9. The van der Waals surface area contributed by atoms with E-state index in [0.717, 1.165) is 14.9 Å². The summed E-state index contributed by atoms with van der Waals surface area (Å²) in [6.07, 6.45) is 0. The van der Waals surface area contributed by atoms with Crippen LogP contribution in [0.2, 0.25) is 5.02 Å². The van der Waals surface area contributed by atoms with Crippen LogP contribution in [0.1, 0.15) is 12.5 Å². The maximum Gasteiger partial charge on any atom is 0.282 e. The van der Waals surface area contributed by atoms with Crippen molar-refractivity contribution in [1.82, 2.24) is 0 Å². The Labute approximate surface area is 148 Å². The number of amides is 1. The van der Waals surface area contributed by atoms with Crippen LogP contribution in [0.5, 0.6) is 0 Å². The number of halogens is 3. The fraction of sp³-hybridized carbons (Fsp3) is 0.235. The number of rotatable bonds is 5. The lowest BCUT2D eigenvalue weighted by Crippen LogP contribution is -3.12. The molecule has 0 aliphatic rings. The molecule has 2 N–H and O–H groups in total. The van der Waals surface area contributed by atoms with Crippen molar-refractivity contribution in [3.05, 3.63) is 63.3 Å². The summed E-state index contributed by atoms with van der Waals surface area (Å²) in [5.74, 6) is -0.596. The maximum atomic E-state index is 13.0. The minimum Gasteiger partial charge on any atom is -0.324 e. The molecule has 2 aromatic rings. The van der Waals surface area contributed by atoms with Gasteiger partial charge in [0.2, 0.25) is 0 Å². The van der Waals surface area contributed by atoms with E-state index in [0.29, 0.717) is 12.2 Å². The molecule has 1 amide bonds. The minimum absolute atomic E-state index is 0.164. The smallest absolute Gasteiger partial charge is 0.282 e. The number of hydrogen-bond donors (Lipinski definition) is 2. The first-order valence-electron chi connectivity index (χ1n) is 7.20. The molecule has 0 aliphatic heterocycles. The Morgan fingerprint density at radius 1 is 1.35 bits per heavy atom. The number of carbonyl (C=O) groups is 1. The molecule has 2 rings (SSSR count). The topological polar surface area (TPSA) is 33.5 Å².